The molecule has 3 aliphatic carbocycles. The number of hydrogen-bond acceptors (Lipinski definition) is 4. The summed E-state index contributed by atoms with van der Waals surface area (Å²) in [5, 5.41) is 39.5. The third kappa shape index (κ3) is 5.52. The van der Waals surface area contributed by atoms with Gasteiger partial charge in [0.15, 0.2) is 0 Å². The largest absolute Gasteiger partial charge is 0.393 e. The minimum atomic E-state index is -0.958. The highest BCUT2D eigenvalue weighted by molar-refractivity contribution is 5.38. The molecule has 31 heavy (non-hydrogen) atoms. The molecule has 0 radical (unpaired) electrons. The molecule has 0 spiro atoms. The fourth-order valence-electron chi connectivity index (χ4n) is 6.76. The van der Waals surface area contributed by atoms with Crippen LogP contribution < -0.4 is 0 Å². The van der Waals surface area contributed by atoms with Crippen molar-refractivity contribution in [2.75, 3.05) is 6.61 Å². The van der Waals surface area contributed by atoms with Crippen molar-refractivity contribution >= 4 is 0 Å². The molecule has 0 bridgehead atoms. The van der Waals surface area contributed by atoms with Gasteiger partial charge in [0.2, 0.25) is 0 Å². The molecule has 4 N–H and O–H groups in total. The van der Waals surface area contributed by atoms with E-state index >= 15 is 0 Å². The molecule has 0 aliphatic heterocycles. The third-order valence-electron chi connectivity index (χ3n) is 8.70. The lowest BCUT2D eigenvalue weighted by atomic mass is 9.60. The third-order valence-corrected chi connectivity index (χ3v) is 8.70. The van der Waals surface area contributed by atoms with Crippen molar-refractivity contribution in [3.05, 3.63) is 35.5 Å². The van der Waals surface area contributed by atoms with E-state index in [1.165, 1.54) is 31.3 Å². The van der Waals surface area contributed by atoms with E-state index in [0.717, 1.165) is 30.4 Å². The molecule has 3 fully saturated rings. The Bertz CT molecular complexity index is 706. The molecule has 3 rings (SSSR count). The first-order valence-corrected chi connectivity index (χ1v) is 12.4. The van der Waals surface area contributed by atoms with Crippen molar-refractivity contribution in [3.63, 3.8) is 0 Å². The van der Waals surface area contributed by atoms with Crippen LogP contribution in [0.25, 0.3) is 0 Å². The molecule has 0 saturated heterocycles. The molecule has 0 aromatic heterocycles. The van der Waals surface area contributed by atoms with Crippen molar-refractivity contribution in [2.24, 2.45) is 23.2 Å². The monoisotopic (exact) mass is 432 g/mol. The molecule has 0 amide bonds. The van der Waals surface area contributed by atoms with Gasteiger partial charge in [0, 0.05) is 6.42 Å². The Morgan fingerprint density at radius 3 is 2.71 bits per heavy atom. The Morgan fingerprint density at radius 1 is 1.26 bits per heavy atom. The van der Waals surface area contributed by atoms with Crippen LogP contribution in [0.2, 0.25) is 0 Å². The molecule has 7 atom stereocenters. The fraction of sp³-hybridized carbons (Fsp3) is 0.778. The first-order chi connectivity index (χ1) is 14.6. The second-order valence-corrected chi connectivity index (χ2v) is 11.2. The number of aliphatic hydroxyl groups is 4. The van der Waals surface area contributed by atoms with E-state index in [4.69, 9.17) is 0 Å². The van der Waals surface area contributed by atoms with Crippen LogP contribution in [0.4, 0.5) is 0 Å². The SMILES string of the molecule is C=C1/C(=C/C=C2\CCC[C@]3(C)[C@@H]([C@H](C)CCCC(C)(O)CO)CC[C@@H]23)C[C@@H](O)C[C@@H]1O. The van der Waals surface area contributed by atoms with Gasteiger partial charge in [-0.2, -0.15) is 0 Å². The molecule has 3 saturated carbocycles. The summed E-state index contributed by atoms with van der Waals surface area (Å²) in [4.78, 5) is 0. The van der Waals surface area contributed by atoms with E-state index in [9.17, 15) is 20.4 Å². The highest BCUT2D eigenvalue weighted by Gasteiger charge is 2.50. The molecule has 176 valence electrons. The summed E-state index contributed by atoms with van der Waals surface area (Å²) in [6.07, 6.45) is 13.1. The molecule has 3 aliphatic rings. The highest BCUT2D eigenvalue weighted by Crippen LogP contribution is 2.60. The summed E-state index contributed by atoms with van der Waals surface area (Å²) in [5.74, 6) is 1.92. The standard InChI is InChI=1S/C27H44O4/c1-18(7-5-13-26(3,31)17-28)23-11-12-24-20(8-6-14-27(23,24)4)9-10-21-15-22(29)16-25(30)19(21)2/h9-10,18,22-25,28-31H,2,5-8,11-17H2,1,3-4H3/b20-9+,21-10+/t18-,22-,23-,24+,25+,26?,27-/m1/s1. The summed E-state index contributed by atoms with van der Waals surface area (Å²) in [5.41, 5.74) is 2.65. The van der Waals surface area contributed by atoms with E-state index in [1.807, 2.05) is 0 Å². The van der Waals surface area contributed by atoms with Crippen molar-refractivity contribution in [1.82, 2.24) is 0 Å². The molecular weight excluding hydrogens is 388 g/mol. The summed E-state index contributed by atoms with van der Waals surface area (Å²) >= 11 is 0. The van der Waals surface area contributed by atoms with Crippen LogP contribution in [0.15, 0.2) is 35.5 Å². The van der Waals surface area contributed by atoms with Crippen LogP contribution in [-0.4, -0.2) is 44.8 Å². The molecule has 0 heterocycles. The predicted molar refractivity (Wildman–Crippen MR) is 125 cm³/mol. The average Bonchev–Trinajstić information content (AvgIpc) is 3.07. The number of hydrogen-bond donors (Lipinski definition) is 4. The summed E-state index contributed by atoms with van der Waals surface area (Å²) in [6.45, 7) is 10.5. The van der Waals surface area contributed by atoms with Gasteiger partial charge < -0.3 is 20.4 Å². The van der Waals surface area contributed by atoms with Crippen LogP contribution in [0.3, 0.4) is 0 Å². The van der Waals surface area contributed by atoms with Gasteiger partial charge in [0.05, 0.1) is 24.4 Å². The van der Waals surface area contributed by atoms with E-state index in [0.29, 0.717) is 42.4 Å². The second-order valence-electron chi connectivity index (χ2n) is 11.2. The Hall–Kier alpha value is -0.940. The van der Waals surface area contributed by atoms with Crippen molar-refractivity contribution in [2.45, 2.75) is 103 Å². The number of allylic oxidation sites excluding steroid dienone is 3. The normalized spacial score (nSPS) is 39.5. The maximum absolute atomic E-state index is 10.1. The topological polar surface area (TPSA) is 80.9 Å². The molecule has 0 aromatic rings. The Labute approximate surface area is 188 Å². The smallest absolute Gasteiger partial charge is 0.0849 e. The maximum atomic E-state index is 10.1. The molecular formula is C27H44O4. The number of rotatable bonds is 7. The van der Waals surface area contributed by atoms with Crippen LogP contribution in [-0.2, 0) is 0 Å². The molecule has 4 heteroatoms. The number of fused-ring (bicyclic) bond motifs is 1. The lowest BCUT2D eigenvalue weighted by Crippen LogP contribution is -2.36. The molecule has 4 nitrogen and oxygen atoms in total. The van der Waals surface area contributed by atoms with Crippen LogP contribution >= 0.6 is 0 Å². The summed E-state index contributed by atoms with van der Waals surface area (Å²) in [6, 6.07) is 0. The first-order valence-electron chi connectivity index (χ1n) is 12.4. The van der Waals surface area contributed by atoms with Gasteiger partial charge in [-0.1, -0.05) is 51.0 Å². The van der Waals surface area contributed by atoms with Crippen LogP contribution in [0, 0.1) is 23.2 Å². The zero-order chi connectivity index (χ0) is 22.8. The fourth-order valence-corrected chi connectivity index (χ4v) is 6.76. The molecule has 1 unspecified atom stereocenters. The highest BCUT2D eigenvalue weighted by atomic mass is 16.3. The van der Waals surface area contributed by atoms with Crippen molar-refractivity contribution in [3.8, 4) is 0 Å². The quantitative estimate of drug-likeness (QED) is 0.471. The number of aliphatic hydroxyl groups excluding tert-OH is 3. The van der Waals surface area contributed by atoms with Gasteiger partial charge in [-0.3, -0.25) is 0 Å². The lowest BCUT2D eigenvalue weighted by molar-refractivity contribution is -0.00891. The van der Waals surface area contributed by atoms with Crippen LogP contribution in [0.5, 0.6) is 0 Å². The predicted octanol–water partition coefficient (Wildman–Crippen LogP) is 4.68. The van der Waals surface area contributed by atoms with Gasteiger partial charge in [-0.25, -0.2) is 0 Å². The minimum absolute atomic E-state index is 0.172. The van der Waals surface area contributed by atoms with E-state index < -0.39 is 17.8 Å². The van der Waals surface area contributed by atoms with E-state index in [-0.39, 0.29) is 6.61 Å². The van der Waals surface area contributed by atoms with Gasteiger partial charge in [0.1, 0.15) is 0 Å². The lowest BCUT2D eigenvalue weighted by Gasteiger charge is -2.44. The minimum Gasteiger partial charge on any atom is -0.393 e. The zero-order valence-corrected chi connectivity index (χ0v) is 19.8. The molecule has 0 aromatic carbocycles. The summed E-state index contributed by atoms with van der Waals surface area (Å²) < 4.78 is 0. The second kappa shape index (κ2) is 9.91. The Morgan fingerprint density at radius 2 is 2.00 bits per heavy atom. The van der Waals surface area contributed by atoms with Crippen molar-refractivity contribution in [1.29, 1.82) is 0 Å². The zero-order valence-electron chi connectivity index (χ0n) is 19.8. The average molecular weight is 433 g/mol. The van der Waals surface area contributed by atoms with Gasteiger partial charge in [-0.05, 0) is 86.2 Å². The van der Waals surface area contributed by atoms with Gasteiger partial charge in [-0.15, -0.1) is 0 Å². The maximum Gasteiger partial charge on any atom is 0.0849 e. The van der Waals surface area contributed by atoms with E-state index in [1.54, 1.807) is 6.92 Å². The Kier molecular flexibility index (Phi) is 7.89. The van der Waals surface area contributed by atoms with Crippen LogP contribution in [0.1, 0.15) is 85.0 Å². The van der Waals surface area contributed by atoms with Gasteiger partial charge >= 0.3 is 0 Å². The van der Waals surface area contributed by atoms with Gasteiger partial charge in [0.25, 0.3) is 0 Å². The van der Waals surface area contributed by atoms with E-state index in [2.05, 4.69) is 32.6 Å². The summed E-state index contributed by atoms with van der Waals surface area (Å²) in [7, 11) is 0. The van der Waals surface area contributed by atoms with Crippen molar-refractivity contribution < 1.29 is 20.4 Å². The Balaban J connectivity index is 1.68. The first kappa shape index (κ1) is 24.7.